The Morgan fingerprint density at radius 3 is 2.44 bits per heavy atom. The summed E-state index contributed by atoms with van der Waals surface area (Å²) in [5.74, 6) is 0. The number of halogens is 2. The van der Waals surface area contributed by atoms with Gasteiger partial charge in [-0.1, -0.05) is 0 Å². The summed E-state index contributed by atoms with van der Waals surface area (Å²) in [6.07, 6.45) is 3.87. The number of nitrogen functional groups attached to an aromatic ring is 1. The maximum absolute atomic E-state index is 5.81. The van der Waals surface area contributed by atoms with Gasteiger partial charge >= 0.3 is 0 Å². The lowest BCUT2D eigenvalue weighted by molar-refractivity contribution is 0.484. The molecule has 1 aliphatic rings. The van der Waals surface area contributed by atoms with Gasteiger partial charge in [0.25, 0.3) is 0 Å². The number of piperidine rings is 1. The van der Waals surface area contributed by atoms with Crippen molar-refractivity contribution in [3.63, 3.8) is 0 Å². The van der Waals surface area contributed by atoms with Crippen molar-refractivity contribution < 1.29 is 0 Å². The molecule has 88 valence electrons. The fourth-order valence-corrected chi connectivity index (χ4v) is 3.97. The zero-order chi connectivity index (χ0) is 11.7. The molecular weight excluding hydrogens is 332 g/mol. The van der Waals surface area contributed by atoms with E-state index in [9.17, 15) is 0 Å². The van der Waals surface area contributed by atoms with E-state index in [0.29, 0.717) is 6.04 Å². The summed E-state index contributed by atoms with van der Waals surface area (Å²) < 4.78 is 2.15. The SMILES string of the molecule is C[C@@H]1CCCCN1c1c(Br)cc(N)cc1Br. The van der Waals surface area contributed by atoms with Crippen molar-refractivity contribution in [1.29, 1.82) is 0 Å². The van der Waals surface area contributed by atoms with Crippen LogP contribution in [0.1, 0.15) is 26.2 Å². The number of hydrogen-bond acceptors (Lipinski definition) is 2. The van der Waals surface area contributed by atoms with Crippen molar-refractivity contribution in [3.05, 3.63) is 21.1 Å². The molecule has 2 rings (SSSR count). The third-order valence-corrected chi connectivity index (χ3v) is 4.34. The number of anilines is 2. The Hall–Kier alpha value is -0.220. The number of hydrogen-bond donors (Lipinski definition) is 1. The molecule has 1 saturated heterocycles. The van der Waals surface area contributed by atoms with Gasteiger partial charge in [-0.25, -0.2) is 0 Å². The fraction of sp³-hybridized carbons (Fsp3) is 0.500. The summed E-state index contributed by atoms with van der Waals surface area (Å²) in [5, 5.41) is 0. The first-order valence-corrected chi connectivity index (χ1v) is 7.19. The number of nitrogens with two attached hydrogens (primary N) is 1. The zero-order valence-electron chi connectivity index (χ0n) is 9.34. The highest BCUT2D eigenvalue weighted by Gasteiger charge is 2.22. The molecule has 2 nitrogen and oxygen atoms in total. The Labute approximate surface area is 113 Å². The Kier molecular flexibility index (Phi) is 3.80. The first kappa shape index (κ1) is 12.2. The molecular formula is C12H16Br2N2. The average Bonchev–Trinajstić information content (AvgIpc) is 2.19. The van der Waals surface area contributed by atoms with Crippen molar-refractivity contribution in [1.82, 2.24) is 0 Å². The minimum Gasteiger partial charge on any atom is -0.399 e. The van der Waals surface area contributed by atoms with Gasteiger partial charge in [0.15, 0.2) is 0 Å². The summed E-state index contributed by atoms with van der Waals surface area (Å²) in [5.41, 5.74) is 7.84. The van der Waals surface area contributed by atoms with Crippen molar-refractivity contribution >= 4 is 43.2 Å². The molecule has 0 radical (unpaired) electrons. The van der Waals surface area contributed by atoms with Gasteiger partial charge in [-0.2, -0.15) is 0 Å². The molecule has 0 saturated carbocycles. The second kappa shape index (κ2) is 4.96. The smallest absolute Gasteiger partial charge is 0.0658 e. The minimum absolute atomic E-state index is 0.602. The van der Waals surface area contributed by atoms with Crippen LogP contribution in [-0.4, -0.2) is 12.6 Å². The van der Waals surface area contributed by atoms with Gasteiger partial charge in [0.2, 0.25) is 0 Å². The summed E-state index contributed by atoms with van der Waals surface area (Å²) in [6.45, 7) is 3.41. The van der Waals surface area contributed by atoms with Crippen LogP contribution in [0.3, 0.4) is 0 Å². The van der Waals surface area contributed by atoms with Gasteiger partial charge < -0.3 is 10.6 Å². The Morgan fingerprint density at radius 2 is 1.88 bits per heavy atom. The van der Waals surface area contributed by atoms with Gasteiger partial charge in [0.05, 0.1) is 5.69 Å². The minimum atomic E-state index is 0.602. The second-order valence-electron chi connectivity index (χ2n) is 4.37. The maximum Gasteiger partial charge on any atom is 0.0658 e. The van der Waals surface area contributed by atoms with Gasteiger partial charge in [0.1, 0.15) is 0 Å². The van der Waals surface area contributed by atoms with Gasteiger partial charge in [0, 0.05) is 27.2 Å². The summed E-state index contributed by atoms with van der Waals surface area (Å²) in [4.78, 5) is 2.46. The quantitative estimate of drug-likeness (QED) is 0.772. The molecule has 0 amide bonds. The van der Waals surface area contributed by atoms with Crippen LogP contribution in [0, 0.1) is 0 Å². The summed E-state index contributed by atoms with van der Waals surface area (Å²) in [6, 6.07) is 4.55. The second-order valence-corrected chi connectivity index (χ2v) is 6.08. The molecule has 2 N–H and O–H groups in total. The molecule has 0 spiro atoms. The van der Waals surface area contributed by atoms with E-state index >= 15 is 0 Å². The monoisotopic (exact) mass is 346 g/mol. The first-order chi connectivity index (χ1) is 7.59. The molecule has 0 aliphatic carbocycles. The van der Waals surface area contributed by atoms with Crippen molar-refractivity contribution in [2.75, 3.05) is 17.2 Å². The molecule has 1 aromatic carbocycles. The van der Waals surface area contributed by atoms with E-state index in [1.807, 2.05) is 12.1 Å². The molecule has 1 fully saturated rings. The number of benzene rings is 1. The van der Waals surface area contributed by atoms with Crippen LogP contribution >= 0.6 is 31.9 Å². The Bertz CT molecular complexity index is 370. The zero-order valence-corrected chi connectivity index (χ0v) is 12.5. The molecule has 1 aromatic rings. The third kappa shape index (κ3) is 2.38. The van der Waals surface area contributed by atoms with E-state index in [2.05, 4.69) is 43.7 Å². The fourth-order valence-electron chi connectivity index (χ4n) is 2.29. The average molecular weight is 348 g/mol. The van der Waals surface area contributed by atoms with Crippen molar-refractivity contribution in [2.45, 2.75) is 32.2 Å². The lowest BCUT2D eigenvalue weighted by atomic mass is 10.0. The van der Waals surface area contributed by atoms with Crippen LogP contribution in [-0.2, 0) is 0 Å². The highest BCUT2D eigenvalue weighted by Crippen LogP contribution is 2.39. The van der Waals surface area contributed by atoms with Crippen molar-refractivity contribution in [2.24, 2.45) is 0 Å². The molecule has 0 bridgehead atoms. The van der Waals surface area contributed by atoms with Crippen LogP contribution in [0.15, 0.2) is 21.1 Å². The third-order valence-electron chi connectivity index (χ3n) is 3.13. The maximum atomic E-state index is 5.81. The van der Waals surface area contributed by atoms with Gasteiger partial charge in [-0.15, -0.1) is 0 Å². The van der Waals surface area contributed by atoms with Crippen LogP contribution < -0.4 is 10.6 Å². The molecule has 4 heteroatoms. The summed E-state index contributed by atoms with van der Waals surface area (Å²) >= 11 is 7.22. The van der Waals surface area contributed by atoms with Crippen LogP contribution in [0.5, 0.6) is 0 Å². The lowest BCUT2D eigenvalue weighted by Crippen LogP contribution is -2.37. The predicted molar refractivity (Wildman–Crippen MR) is 76.9 cm³/mol. The molecule has 0 unspecified atom stereocenters. The standard InChI is InChI=1S/C12H16Br2N2/c1-8-4-2-3-5-16(8)12-10(13)6-9(15)7-11(12)14/h6-8H,2-5,15H2,1H3/t8-/m1/s1. The van der Waals surface area contributed by atoms with E-state index in [1.165, 1.54) is 24.9 Å². The van der Waals surface area contributed by atoms with Crippen molar-refractivity contribution in [3.8, 4) is 0 Å². The van der Waals surface area contributed by atoms with E-state index in [4.69, 9.17) is 5.73 Å². The molecule has 0 aromatic heterocycles. The van der Waals surface area contributed by atoms with E-state index in [-0.39, 0.29) is 0 Å². The predicted octanol–water partition coefficient (Wildman–Crippen LogP) is 4.17. The van der Waals surface area contributed by atoms with E-state index in [0.717, 1.165) is 21.2 Å². The molecule has 1 aliphatic heterocycles. The van der Waals surface area contributed by atoms with Crippen LogP contribution in [0.2, 0.25) is 0 Å². The van der Waals surface area contributed by atoms with Crippen LogP contribution in [0.4, 0.5) is 11.4 Å². The topological polar surface area (TPSA) is 29.3 Å². The Balaban J connectivity index is 2.38. The molecule has 16 heavy (non-hydrogen) atoms. The first-order valence-electron chi connectivity index (χ1n) is 5.60. The molecule has 1 heterocycles. The largest absolute Gasteiger partial charge is 0.399 e. The van der Waals surface area contributed by atoms with Crippen LogP contribution in [0.25, 0.3) is 0 Å². The summed E-state index contributed by atoms with van der Waals surface area (Å²) in [7, 11) is 0. The van der Waals surface area contributed by atoms with Gasteiger partial charge in [-0.3, -0.25) is 0 Å². The van der Waals surface area contributed by atoms with E-state index < -0.39 is 0 Å². The molecule has 1 atom stereocenters. The van der Waals surface area contributed by atoms with Gasteiger partial charge in [-0.05, 0) is 70.2 Å². The normalized spacial score (nSPS) is 21.2. The number of nitrogens with zero attached hydrogens (tertiary/aromatic N) is 1. The highest BCUT2D eigenvalue weighted by molar-refractivity contribution is 9.11. The highest BCUT2D eigenvalue weighted by atomic mass is 79.9. The number of rotatable bonds is 1. The lowest BCUT2D eigenvalue weighted by Gasteiger charge is -2.36. The Morgan fingerprint density at radius 1 is 1.25 bits per heavy atom. The van der Waals surface area contributed by atoms with E-state index in [1.54, 1.807) is 0 Å².